The van der Waals surface area contributed by atoms with Crippen LogP contribution in [-0.4, -0.2) is 58.1 Å². The number of halogens is 1. The monoisotopic (exact) mass is 365 g/mol. The zero-order chi connectivity index (χ0) is 18.8. The third kappa shape index (κ3) is 3.58. The van der Waals surface area contributed by atoms with Crippen molar-refractivity contribution in [2.75, 3.05) is 25.0 Å². The van der Waals surface area contributed by atoms with Crippen LogP contribution in [0, 0.1) is 0 Å². The van der Waals surface area contributed by atoms with Gasteiger partial charge in [0, 0.05) is 37.8 Å². The summed E-state index contributed by atoms with van der Waals surface area (Å²) in [7, 11) is 1.74. The first-order valence-electron chi connectivity index (χ1n) is 8.89. The molecule has 6 nitrogen and oxygen atoms in total. The lowest BCUT2D eigenvalue weighted by Crippen LogP contribution is -2.41. The Labute approximate surface area is 156 Å². The van der Waals surface area contributed by atoms with Crippen molar-refractivity contribution in [3.05, 3.63) is 60.7 Å². The minimum atomic E-state index is -0.934. The molecule has 0 N–H and O–H groups in total. The average molecular weight is 365 g/mol. The topological polar surface area (TPSA) is 62.2 Å². The van der Waals surface area contributed by atoms with Crippen LogP contribution in [0.4, 0.5) is 10.2 Å². The number of nitrogens with zero attached hydrogens (tertiary/aromatic N) is 5. The summed E-state index contributed by atoms with van der Waals surface area (Å²) in [6, 6.07) is 11.2. The SMILES string of the molecule is CN(C[C@@H]1C[C@H](F)CN1c1ccncn1)C(=O)c1cnc2ccccc2c1. The van der Waals surface area contributed by atoms with Gasteiger partial charge in [0.2, 0.25) is 0 Å². The number of pyridine rings is 1. The second-order valence-corrected chi connectivity index (χ2v) is 6.81. The van der Waals surface area contributed by atoms with Crippen LogP contribution >= 0.6 is 0 Å². The number of hydrogen-bond donors (Lipinski definition) is 0. The number of aromatic nitrogens is 3. The van der Waals surface area contributed by atoms with E-state index in [1.165, 1.54) is 6.33 Å². The number of rotatable bonds is 4. The van der Waals surface area contributed by atoms with Crippen molar-refractivity contribution in [1.82, 2.24) is 19.9 Å². The number of carbonyl (C=O) groups excluding carboxylic acids is 1. The van der Waals surface area contributed by atoms with Gasteiger partial charge in [-0.05, 0) is 18.2 Å². The summed E-state index contributed by atoms with van der Waals surface area (Å²) in [6.45, 7) is 0.692. The molecule has 0 aliphatic carbocycles. The van der Waals surface area contributed by atoms with Crippen LogP contribution in [0.15, 0.2) is 55.1 Å². The number of anilines is 1. The number of carbonyl (C=O) groups is 1. The minimum absolute atomic E-state index is 0.127. The van der Waals surface area contributed by atoms with Crippen molar-refractivity contribution < 1.29 is 9.18 Å². The van der Waals surface area contributed by atoms with Gasteiger partial charge in [0.1, 0.15) is 18.3 Å². The Morgan fingerprint density at radius 2 is 2.15 bits per heavy atom. The highest BCUT2D eigenvalue weighted by Crippen LogP contribution is 2.26. The number of para-hydroxylation sites is 1. The minimum Gasteiger partial charge on any atom is -0.349 e. The number of fused-ring (bicyclic) bond motifs is 1. The van der Waals surface area contributed by atoms with Crippen molar-refractivity contribution in [3.8, 4) is 0 Å². The smallest absolute Gasteiger partial charge is 0.255 e. The predicted octanol–water partition coefficient (Wildman–Crippen LogP) is 2.71. The van der Waals surface area contributed by atoms with E-state index in [0.29, 0.717) is 24.3 Å². The molecule has 3 heterocycles. The summed E-state index contributed by atoms with van der Waals surface area (Å²) in [5.41, 5.74) is 1.38. The summed E-state index contributed by atoms with van der Waals surface area (Å²) in [6.07, 6.45) is 4.12. The van der Waals surface area contributed by atoms with Crippen LogP contribution < -0.4 is 4.90 Å². The molecule has 0 saturated carbocycles. The molecular weight excluding hydrogens is 345 g/mol. The van der Waals surface area contributed by atoms with Gasteiger partial charge >= 0.3 is 0 Å². The molecule has 1 amide bonds. The van der Waals surface area contributed by atoms with E-state index in [1.54, 1.807) is 30.4 Å². The van der Waals surface area contributed by atoms with Gasteiger partial charge in [-0.3, -0.25) is 9.78 Å². The molecule has 1 aliphatic heterocycles. The Hall–Kier alpha value is -3.09. The molecular formula is C20H20FN5O. The van der Waals surface area contributed by atoms with Crippen LogP contribution in [0.25, 0.3) is 10.9 Å². The van der Waals surface area contributed by atoms with Gasteiger partial charge in [-0.15, -0.1) is 0 Å². The second-order valence-electron chi connectivity index (χ2n) is 6.81. The Bertz CT molecular complexity index is 951. The van der Waals surface area contributed by atoms with Gasteiger partial charge < -0.3 is 9.80 Å². The van der Waals surface area contributed by atoms with Gasteiger partial charge in [0.25, 0.3) is 5.91 Å². The normalized spacial score (nSPS) is 19.4. The van der Waals surface area contributed by atoms with Crippen LogP contribution in [-0.2, 0) is 0 Å². The van der Waals surface area contributed by atoms with Crippen molar-refractivity contribution >= 4 is 22.6 Å². The highest BCUT2D eigenvalue weighted by Gasteiger charge is 2.34. The van der Waals surface area contributed by atoms with Crippen LogP contribution in [0.3, 0.4) is 0 Å². The number of likely N-dealkylation sites (N-methyl/N-ethyl adjacent to an activating group) is 1. The molecule has 1 fully saturated rings. The Morgan fingerprint density at radius 1 is 1.30 bits per heavy atom. The van der Waals surface area contributed by atoms with Crippen LogP contribution in [0.2, 0.25) is 0 Å². The van der Waals surface area contributed by atoms with Gasteiger partial charge in [-0.1, -0.05) is 18.2 Å². The molecule has 1 aromatic carbocycles. The van der Waals surface area contributed by atoms with Gasteiger partial charge in [-0.2, -0.15) is 0 Å². The molecule has 1 aliphatic rings. The molecule has 0 radical (unpaired) electrons. The van der Waals surface area contributed by atoms with Crippen molar-refractivity contribution in [3.63, 3.8) is 0 Å². The molecule has 2 atom stereocenters. The van der Waals surface area contributed by atoms with E-state index in [9.17, 15) is 9.18 Å². The molecule has 7 heteroatoms. The van der Waals surface area contributed by atoms with Gasteiger partial charge in [-0.25, -0.2) is 14.4 Å². The summed E-state index contributed by atoms with van der Waals surface area (Å²) in [4.78, 5) is 28.9. The number of alkyl halides is 1. The lowest BCUT2D eigenvalue weighted by molar-refractivity contribution is 0.0785. The maximum atomic E-state index is 14.1. The van der Waals surface area contributed by atoms with Crippen LogP contribution in [0.5, 0.6) is 0 Å². The third-order valence-corrected chi connectivity index (χ3v) is 4.89. The largest absolute Gasteiger partial charge is 0.349 e. The van der Waals surface area contributed by atoms with Crippen molar-refractivity contribution in [2.24, 2.45) is 0 Å². The molecule has 3 aromatic rings. The Balaban J connectivity index is 1.51. The first-order chi connectivity index (χ1) is 13.1. The molecule has 2 aromatic heterocycles. The third-order valence-electron chi connectivity index (χ3n) is 4.89. The molecule has 0 bridgehead atoms. The second kappa shape index (κ2) is 7.26. The van der Waals surface area contributed by atoms with E-state index in [0.717, 1.165) is 10.9 Å². The zero-order valence-corrected chi connectivity index (χ0v) is 15.0. The summed E-state index contributed by atoms with van der Waals surface area (Å²) < 4.78 is 14.1. The molecule has 4 rings (SSSR count). The molecule has 27 heavy (non-hydrogen) atoms. The highest BCUT2D eigenvalue weighted by atomic mass is 19.1. The summed E-state index contributed by atoms with van der Waals surface area (Å²) >= 11 is 0. The summed E-state index contributed by atoms with van der Waals surface area (Å²) in [5, 5.41) is 0.920. The van der Waals surface area contributed by atoms with E-state index >= 15 is 0 Å². The lowest BCUT2D eigenvalue weighted by atomic mass is 10.1. The quantitative estimate of drug-likeness (QED) is 0.711. The van der Waals surface area contributed by atoms with E-state index in [1.807, 2.05) is 35.2 Å². The van der Waals surface area contributed by atoms with Gasteiger partial charge in [0.05, 0.1) is 23.7 Å². The highest BCUT2D eigenvalue weighted by molar-refractivity contribution is 5.97. The molecule has 1 saturated heterocycles. The van der Waals surface area contributed by atoms with E-state index < -0.39 is 6.17 Å². The fourth-order valence-electron chi connectivity index (χ4n) is 3.57. The predicted molar refractivity (Wildman–Crippen MR) is 101 cm³/mol. The average Bonchev–Trinajstić information content (AvgIpc) is 3.07. The number of benzene rings is 1. The fraction of sp³-hybridized carbons (Fsp3) is 0.300. The van der Waals surface area contributed by atoms with E-state index in [4.69, 9.17) is 0 Å². The fourth-order valence-corrected chi connectivity index (χ4v) is 3.57. The zero-order valence-electron chi connectivity index (χ0n) is 15.0. The van der Waals surface area contributed by atoms with Crippen molar-refractivity contribution in [1.29, 1.82) is 0 Å². The molecule has 0 unspecified atom stereocenters. The Kier molecular flexibility index (Phi) is 4.66. The summed E-state index contributed by atoms with van der Waals surface area (Å²) in [5.74, 6) is 0.557. The first kappa shape index (κ1) is 17.3. The Morgan fingerprint density at radius 3 is 2.96 bits per heavy atom. The standard InChI is InChI=1S/C20H20FN5O/c1-25(20(27)15-8-14-4-2-3-5-18(14)23-10-15)12-17-9-16(21)11-26(17)19-6-7-22-13-24-19/h2-8,10,13,16-17H,9,11-12H2,1H3/t16-,17-/m0/s1. The maximum Gasteiger partial charge on any atom is 0.255 e. The number of hydrogen-bond acceptors (Lipinski definition) is 5. The maximum absolute atomic E-state index is 14.1. The van der Waals surface area contributed by atoms with Crippen molar-refractivity contribution in [2.45, 2.75) is 18.6 Å². The van der Waals surface area contributed by atoms with E-state index in [2.05, 4.69) is 15.0 Å². The molecule has 0 spiro atoms. The van der Waals surface area contributed by atoms with Gasteiger partial charge in [0.15, 0.2) is 0 Å². The van der Waals surface area contributed by atoms with Crippen LogP contribution in [0.1, 0.15) is 16.8 Å². The number of amides is 1. The lowest BCUT2D eigenvalue weighted by Gasteiger charge is -2.29. The van der Waals surface area contributed by atoms with E-state index in [-0.39, 0.29) is 18.5 Å². The first-order valence-corrected chi connectivity index (χ1v) is 8.89. The molecule has 138 valence electrons.